The first-order valence-electron chi connectivity index (χ1n) is 6.88. The van der Waals surface area contributed by atoms with Crippen LogP contribution in [-0.4, -0.2) is 42.9 Å². The molecule has 16 heavy (non-hydrogen) atoms. The van der Waals surface area contributed by atoms with E-state index in [0.29, 0.717) is 0 Å². The molecule has 0 aliphatic heterocycles. The summed E-state index contributed by atoms with van der Waals surface area (Å²) in [7, 11) is 0. The van der Waals surface area contributed by atoms with Crippen molar-refractivity contribution in [3.63, 3.8) is 0 Å². The van der Waals surface area contributed by atoms with Crippen LogP contribution < -0.4 is 0 Å². The third-order valence-electron chi connectivity index (χ3n) is 3.17. The van der Waals surface area contributed by atoms with Gasteiger partial charge in [0.15, 0.2) is 0 Å². The lowest BCUT2D eigenvalue weighted by Crippen LogP contribution is -2.51. The lowest BCUT2D eigenvalue weighted by molar-refractivity contribution is -0.927. The molecule has 98 valence electrons. The average Bonchev–Trinajstić information content (AvgIpc) is 2.16. The van der Waals surface area contributed by atoms with Gasteiger partial charge >= 0.3 is 0 Å². The fourth-order valence-corrected chi connectivity index (χ4v) is 2.30. The number of rotatable bonds is 8. The molecule has 0 fully saturated rings. The minimum Gasteiger partial charge on any atom is -0.370 e. The van der Waals surface area contributed by atoms with E-state index in [1.54, 1.807) is 0 Å². The predicted octanol–water partition coefficient (Wildman–Crippen LogP) is 3.46. The Morgan fingerprint density at radius 2 is 1.38 bits per heavy atom. The molecule has 0 bridgehead atoms. The summed E-state index contributed by atoms with van der Waals surface area (Å²) < 4.78 is 7.09. The Bertz CT molecular complexity index is 166. The second-order valence-electron chi connectivity index (χ2n) is 5.79. The van der Waals surface area contributed by atoms with Crippen LogP contribution in [0.1, 0.15) is 54.4 Å². The van der Waals surface area contributed by atoms with Crippen molar-refractivity contribution in [2.45, 2.75) is 60.0 Å². The van der Waals surface area contributed by atoms with Crippen LogP contribution in [0.5, 0.6) is 0 Å². The number of ether oxygens (including phenoxy) is 1. The first kappa shape index (κ1) is 15.9. The molecular formula is C14H32NO+. The van der Waals surface area contributed by atoms with Crippen molar-refractivity contribution in [1.29, 1.82) is 0 Å². The Balaban J connectivity index is 4.19. The first-order chi connectivity index (χ1) is 7.39. The van der Waals surface area contributed by atoms with Gasteiger partial charge in [-0.3, -0.25) is 0 Å². The molecule has 0 radical (unpaired) electrons. The molecule has 0 aromatic rings. The minimum absolute atomic E-state index is 0.00182. The maximum absolute atomic E-state index is 5.86. The fraction of sp³-hybridized carbons (Fsp3) is 1.00. The standard InChI is InChI=1S/C14H32NO/c1-7-10-15(9-3,11-8-2)12-13-16-14(4,5)6/h7-13H2,1-6H3/q+1. The molecule has 0 N–H and O–H groups in total. The van der Waals surface area contributed by atoms with Gasteiger partial charge in [0.1, 0.15) is 6.54 Å². The number of hydrogen-bond acceptors (Lipinski definition) is 1. The van der Waals surface area contributed by atoms with Crippen LogP contribution >= 0.6 is 0 Å². The lowest BCUT2D eigenvalue weighted by atomic mass is 10.2. The van der Waals surface area contributed by atoms with Gasteiger partial charge in [-0.25, -0.2) is 0 Å². The van der Waals surface area contributed by atoms with Gasteiger partial charge in [0.25, 0.3) is 0 Å². The zero-order valence-corrected chi connectivity index (χ0v) is 12.3. The highest BCUT2D eigenvalue weighted by molar-refractivity contribution is 4.58. The van der Waals surface area contributed by atoms with E-state index >= 15 is 0 Å². The summed E-state index contributed by atoms with van der Waals surface area (Å²) in [6, 6.07) is 0. The highest BCUT2D eigenvalue weighted by Gasteiger charge is 2.24. The molecule has 0 heterocycles. The molecule has 0 saturated heterocycles. The Kier molecular flexibility index (Phi) is 7.25. The third-order valence-corrected chi connectivity index (χ3v) is 3.17. The van der Waals surface area contributed by atoms with Gasteiger partial charge < -0.3 is 9.22 Å². The molecule has 0 atom stereocenters. The smallest absolute Gasteiger partial charge is 0.102 e. The fourth-order valence-electron chi connectivity index (χ4n) is 2.30. The van der Waals surface area contributed by atoms with E-state index in [0.717, 1.165) is 13.2 Å². The van der Waals surface area contributed by atoms with Gasteiger partial charge in [-0.05, 0) is 40.5 Å². The molecule has 0 amide bonds. The summed E-state index contributed by atoms with van der Waals surface area (Å²) in [5.74, 6) is 0. The van der Waals surface area contributed by atoms with Crippen molar-refractivity contribution < 1.29 is 9.22 Å². The van der Waals surface area contributed by atoms with E-state index in [2.05, 4.69) is 41.5 Å². The lowest BCUT2D eigenvalue weighted by Gasteiger charge is -2.38. The number of nitrogens with zero attached hydrogens (tertiary/aromatic N) is 1. The third kappa shape index (κ3) is 6.49. The molecule has 2 nitrogen and oxygen atoms in total. The maximum Gasteiger partial charge on any atom is 0.102 e. The van der Waals surface area contributed by atoms with Gasteiger partial charge in [0.2, 0.25) is 0 Å². The van der Waals surface area contributed by atoms with E-state index in [1.165, 1.54) is 37.0 Å². The van der Waals surface area contributed by atoms with E-state index in [1.807, 2.05) is 0 Å². The SMILES string of the molecule is CCC[N+](CC)(CCC)CCOC(C)(C)C. The van der Waals surface area contributed by atoms with Crippen molar-refractivity contribution in [1.82, 2.24) is 0 Å². The zero-order chi connectivity index (χ0) is 12.7. The van der Waals surface area contributed by atoms with Crippen LogP contribution in [0.3, 0.4) is 0 Å². The van der Waals surface area contributed by atoms with Crippen LogP contribution in [0, 0.1) is 0 Å². The molecule has 0 aromatic heterocycles. The van der Waals surface area contributed by atoms with Gasteiger partial charge in [-0.2, -0.15) is 0 Å². The van der Waals surface area contributed by atoms with Crippen LogP contribution in [0.15, 0.2) is 0 Å². The Labute approximate surface area is 103 Å². The van der Waals surface area contributed by atoms with Crippen LogP contribution in [0.25, 0.3) is 0 Å². The highest BCUT2D eigenvalue weighted by atomic mass is 16.5. The molecule has 0 aliphatic rings. The molecule has 0 aliphatic carbocycles. The highest BCUT2D eigenvalue weighted by Crippen LogP contribution is 2.12. The summed E-state index contributed by atoms with van der Waals surface area (Å²) in [6.07, 6.45) is 2.53. The van der Waals surface area contributed by atoms with Crippen LogP contribution in [0.2, 0.25) is 0 Å². The number of likely N-dealkylation sites (N-methyl/N-ethyl adjacent to an activating group) is 1. The Morgan fingerprint density at radius 3 is 1.69 bits per heavy atom. The van der Waals surface area contributed by atoms with E-state index < -0.39 is 0 Å². The number of hydrogen-bond donors (Lipinski definition) is 0. The van der Waals surface area contributed by atoms with Crippen LogP contribution in [0.4, 0.5) is 0 Å². The molecule has 0 saturated carbocycles. The maximum atomic E-state index is 5.86. The van der Waals surface area contributed by atoms with Crippen molar-refractivity contribution in [3.8, 4) is 0 Å². The summed E-state index contributed by atoms with van der Waals surface area (Å²) in [4.78, 5) is 0. The zero-order valence-electron chi connectivity index (χ0n) is 12.3. The first-order valence-corrected chi connectivity index (χ1v) is 6.88. The molecule has 2 heteroatoms. The van der Waals surface area contributed by atoms with Gasteiger partial charge in [0, 0.05) is 0 Å². The monoisotopic (exact) mass is 230 g/mol. The average molecular weight is 230 g/mol. The molecule has 0 aromatic carbocycles. The molecule has 0 spiro atoms. The van der Waals surface area contributed by atoms with Crippen molar-refractivity contribution in [2.75, 3.05) is 32.8 Å². The Morgan fingerprint density at radius 1 is 0.875 bits per heavy atom. The normalized spacial score (nSPS) is 13.1. The van der Waals surface area contributed by atoms with Crippen LogP contribution in [-0.2, 0) is 4.74 Å². The largest absolute Gasteiger partial charge is 0.370 e. The summed E-state index contributed by atoms with van der Waals surface area (Å²) in [5.41, 5.74) is 0.00182. The molecule has 0 rings (SSSR count). The van der Waals surface area contributed by atoms with Crippen molar-refractivity contribution in [2.24, 2.45) is 0 Å². The topological polar surface area (TPSA) is 9.23 Å². The van der Waals surface area contributed by atoms with E-state index in [-0.39, 0.29) is 5.60 Å². The van der Waals surface area contributed by atoms with Gasteiger partial charge in [0.05, 0.1) is 31.8 Å². The second-order valence-corrected chi connectivity index (χ2v) is 5.79. The molecule has 0 unspecified atom stereocenters. The second kappa shape index (κ2) is 7.29. The predicted molar refractivity (Wildman–Crippen MR) is 71.7 cm³/mol. The molecular weight excluding hydrogens is 198 g/mol. The summed E-state index contributed by atoms with van der Waals surface area (Å²) in [5, 5.41) is 0. The number of quaternary nitrogens is 1. The van der Waals surface area contributed by atoms with Crippen molar-refractivity contribution >= 4 is 0 Å². The quantitative estimate of drug-likeness (QED) is 0.580. The summed E-state index contributed by atoms with van der Waals surface area (Å²) >= 11 is 0. The van der Waals surface area contributed by atoms with Gasteiger partial charge in [-0.1, -0.05) is 13.8 Å². The summed E-state index contributed by atoms with van der Waals surface area (Å²) in [6.45, 7) is 19.1. The van der Waals surface area contributed by atoms with Crippen molar-refractivity contribution in [3.05, 3.63) is 0 Å². The van der Waals surface area contributed by atoms with E-state index in [9.17, 15) is 0 Å². The Hall–Kier alpha value is -0.0800. The minimum atomic E-state index is 0.00182. The van der Waals surface area contributed by atoms with E-state index in [4.69, 9.17) is 4.74 Å². The van der Waals surface area contributed by atoms with Gasteiger partial charge in [-0.15, -0.1) is 0 Å².